The molecule has 0 aliphatic carbocycles. The lowest BCUT2D eigenvalue weighted by molar-refractivity contribution is 0.0963. The second-order valence-corrected chi connectivity index (χ2v) is 5.51. The first-order valence-electron chi connectivity index (χ1n) is 7.51. The van der Waals surface area contributed by atoms with Crippen molar-refractivity contribution in [1.82, 2.24) is 0 Å². The molecule has 0 unspecified atom stereocenters. The second kappa shape index (κ2) is 6.67. The van der Waals surface area contributed by atoms with Gasteiger partial charge in [-0.15, -0.1) is 0 Å². The first-order chi connectivity index (χ1) is 11.1. The molecule has 6 nitrogen and oxygen atoms in total. The quantitative estimate of drug-likeness (QED) is 0.911. The maximum atomic E-state index is 14.4. The van der Waals surface area contributed by atoms with Crippen molar-refractivity contribution in [2.45, 2.75) is 12.5 Å². The molecular formula is C15H18F2N2O4. The number of cyclic esters (lactones) is 1. The molecule has 126 valence electrons. The zero-order valence-electron chi connectivity index (χ0n) is 12.5. The van der Waals surface area contributed by atoms with Crippen LogP contribution in [0, 0.1) is 11.6 Å². The van der Waals surface area contributed by atoms with E-state index in [9.17, 15) is 13.6 Å². The number of carbonyl (C=O) groups excluding carboxylic acids is 1. The van der Waals surface area contributed by atoms with Gasteiger partial charge < -0.3 is 19.5 Å². The van der Waals surface area contributed by atoms with Crippen molar-refractivity contribution in [2.75, 3.05) is 49.3 Å². The molecule has 2 heterocycles. The van der Waals surface area contributed by atoms with Crippen LogP contribution in [0.15, 0.2) is 12.1 Å². The van der Waals surface area contributed by atoms with E-state index in [2.05, 4.69) is 0 Å². The van der Waals surface area contributed by atoms with E-state index in [4.69, 9.17) is 14.6 Å². The van der Waals surface area contributed by atoms with Crippen LogP contribution in [0.3, 0.4) is 0 Å². The molecule has 23 heavy (non-hydrogen) atoms. The van der Waals surface area contributed by atoms with Crippen LogP contribution in [0.25, 0.3) is 0 Å². The minimum atomic E-state index is -0.734. The standard InChI is InChI=1S/C15H18F2N2O4/c16-12-6-10(19-8-11(9-20)23-15(19)21)7-13(17)14(12)18-2-1-4-22-5-3-18/h6-7,11,20H,1-5,8-9H2/t11-/m1/s1. The van der Waals surface area contributed by atoms with Gasteiger partial charge in [0.2, 0.25) is 0 Å². The predicted octanol–water partition coefficient (Wildman–Crippen LogP) is 1.51. The summed E-state index contributed by atoms with van der Waals surface area (Å²) in [5.41, 5.74) is -0.0266. The highest BCUT2D eigenvalue weighted by Gasteiger charge is 2.33. The zero-order chi connectivity index (χ0) is 16.4. The van der Waals surface area contributed by atoms with Crippen molar-refractivity contribution in [3.05, 3.63) is 23.8 Å². The number of carbonyl (C=O) groups is 1. The Hall–Kier alpha value is -1.93. The maximum absolute atomic E-state index is 14.4. The molecule has 2 aliphatic heterocycles. The molecular weight excluding hydrogens is 310 g/mol. The fourth-order valence-electron chi connectivity index (χ4n) is 2.81. The highest BCUT2D eigenvalue weighted by Crippen LogP contribution is 2.31. The molecule has 2 aliphatic rings. The number of ether oxygens (including phenoxy) is 2. The number of hydrogen-bond acceptors (Lipinski definition) is 5. The lowest BCUT2D eigenvalue weighted by atomic mass is 10.2. The third-order valence-corrected chi connectivity index (χ3v) is 3.93. The summed E-state index contributed by atoms with van der Waals surface area (Å²) < 4.78 is 39.0. The summed E-state index contributed by atoms with van der Waals surface area (Å²) in [5.74, 6) is -1.47. The zero-order valence-corrected chi connectivity index (χ0v) is 12.5. The topological polar surface area (TPSA) is 62.2 Å². The smallest absolute Gasteiger partial charge is 0.414 e. The monoisotopic (exact) mass is 328 g/mol. The van der Waals surface area contributed by atoms with Crippen LogP contribution in [-0.4, -0.2) is 56.8 Å². The van der Waals surface area contributed by atoms with Gasteiger partial charge in [-0.05, 0) is 6.42 Å². The Balaban J connectivity index is 1.87. The summed E-state index contributed by atoms with van der Waals surface area (Å²) in [6.07, 6.45) is -0.716. The van der Waals surface area contributed by atoms with Crippen LogP contribution >= 0.6 is 0 Å². The molecule has 0 radical (unpaired) electrons. The molecule has 3 rings (SSSR count). The number of nitrogens with zero attached hydrogens (tertiary/aromatic N) is 2. The van der Waals surface area contributed by atoms with Crippen molar-refractivity contribution >= 4 is 17.5 Å². The Bertz CT molecular complexity index is 568. The van der Waals surface area contributed by atoms with Crippen LogP contribution in [-0.2, 0) is 9.47 Å². The van der Waals surface area contributed by atoms with Gasteiger partial charge in [-0.3, -0.25) is 4.90 Å². The van der Waals surface area contributed by atoms with E-state index in [-0.39, 0.29) is 24.5 Å². The van der Waals surface area contributed by atoms with E-state index in [1.807, 2.05) is 0 Å². The van der Waals surface area contributed by atoms with Crippen LogP contribution in [0.4, 0.5) is 25.0 Å². The summed E-state index contributed by atoms with van der Waals surface area (Å²) in [6.45, 7) is 1.62. The van der Waals surface area contributed by atoms with E-state index < -0.39 is 23.8 Å². The molecule has 0 spiro atoms. The fourth-order valence-corrected chi connectivity index (χ4v) is 2.81. The Labute approximate surface area is 132 Å². The van der Waals surface area contributed by atoms with E-state index in [0.717, 1.165) is 17.0 Å². The molecule has 2 fully saturated rings. The minimum Gasteiger partial charge on any atom is -0.441 e. The number of rotatable bonds is 3. The van der Waals surface area contributed by atoms with Crippen molar-refractivity contribution in [2.24, 2.45) is 0 Å². The van der Waals surface area contributed by atoms with Gasteiger partial charge in [-0.2, -0.15) is 0 Å². The molecule has 1 amide bonds. The van der Waals surface area contributed by atoms with E-state index in [1.54, 1.807) is 4.90 Å². The molecule has 1 N–H and O–H groups in total. The highest BCUT2D eigenvalue weighted by atomic mass is 19.1. The SMILES string of the molecule is O=C1O[C@@H](CO)CN1c1cc(F)c(N2CCCOCC2)c(F)c1. The van der Waals surface area contributed by atoms with Gasteiger partial charge in [-0.25, -0.2) is 13.6 Å². The van der Waals surface area contributed by atoms with Gasteiger partial charge in [0.05, 0.1) is 25.4 Å². The van der Waals surface area contributed by atoms with Crippen LogP contribution in [0.5, 0.6) is 0 Å². The second-order valence-electron chi connectivity index (χ2n) is 5.51. The van der Waals surface area contributed by atoms with E-state index >= 15 is 0 Å². The van der Waals surface area contributed by atoms with Crippen molar-refractivity contribution in [3.8, 4) is 0 Å². The van der Waals surface area contributed by atoms with Gasteiger partial charge in [0, 0.05) is 31.8 Å². The van der Waals surface area contributed by atoms with Crippen LogP contribution in [0.1, 0.15) is 6.42 Å². The van der Waals surface area contributed by atoms with Crippen molar-refractivity contribution < 1.29 is 28.2 Å². The number of aliphatic hydroxyl groups is 1. The summed E-state index contributed by atoms with van der Waals surface area (Å²) in [7, 11) is 0. The molecule has 0 bridgehead atoms. The Morgan fingerprint density at radius 1 is 1.22 bits per heavy atom. The Kier molecular flexibility index (Phi) is 4.63. The number of benzene rings is 1. The average Bonchev–Trinajstić information content (AvgIpc) is 2.71. The van der Waals surface area contributed by atoms with Crippen molar-refractivity contribution in [1.29, 1.82) is 0 Å². The summed E-state index contributed by atoms with van der Waals surface area (Å²) >= 11 is 0. The molecule has 2 saturated heterocycles. The molecule has 0 aromatic heterocycles. The van der Waals surface area contributed by atoms with Gasteiger partial charge in [0.1, 0.15) is 11.8 Å². The summed E-state index contributed by atoms with van der Waals surface area (Å²) in [6, 6.07) is 2.23. The molecule has 0 saturated carbocycles. The molecule has 1 aromatic carbocycles. The fraction of sp³-hybridized carbons (Fsp3) is 0.533. The molecule has 8 heteroatoms. The van der Waals surface area contributed by atoms with Crippen LogP contribution in [0.2, 0.25) is 0 Å². The first-order valence-corrected chi connectivity index (χ1v) is 7.51. The lowest BCUT2D eigenvalue weighted by Crippen LogP contribution is -2.29. The minimum absolute atomic E-state index is 0.0606. The first kappa shape index (κ1) is 15.9. The number of hydrogen-bond donors (Lipinski definition) is 1. The maximum Gasteiger partial charge on any atom is 0.414 e. The third-order valence-electron chi connectivity index (χ3n) is 3.93. The lowest BCUT2D eigenvalue weighted by Gasteiger charge is -2.24. The Morgan fingerprint density at radius 2 is 1.96 bits per heavy atom. The largest absolute Gasteiger partial charge is 0.441 e. The van der Waals surface area contributed by atoms with Gasteiger partial charge in [0.25, 0.3) is 0 Å². The van der Waals surface area contributed by atoms with Crippen LogP contribution < -0.4 is 9.80 Å². The van der Waals surface area contributed by atoms with E-state index in [1.165, 1.54) is 0 Å². The number of amides is 1. The third kappa shape index (κ3) is 3.23. The normalized spacial score (nSPS) is 22.2. The van der Waals surface area contributed by atoms with Gasteiger partial charge in [-0.1, -0.05) is 0 Å². The average molecular weight is 328 g/mol. The number of aliphatic hydroxyl groups excluding tert-OH is 1. The molecule has 1 atom stereocenters. The Morgan fingerprint density at radius 3 is 2.61 bits per heavy atom. The summed E-state index contributed by atoms with van der Waals surface area (Å²) in [5, 5.41) is 9.03. The highest BCUT2D eigenvalue weighted by molar-refractivity contribution is 5.90. The molecule has 1 aromatic rings. The predicted molar refractivity (Wildman–Crippen MR) is 78.7 cm³/mol. The summed E-state index contributed by atoms with van der Waals surface area (Å²) in [4.78, 5) is 14.4. The number of halogens is 2. The van der Waals surface area contributed by atoms with Gasteiger partial charge in [0.15, 0.2) is 11.6 Å². The number of anilines is 2. The van der Waals surface area contributed by atoms with Gasteiger partial charge >= 0.3 is 6.09 Å². The van der Waals surface area contributed by atoms with Crippen molar-refractivity contribution in [3.63, 3.8) is 0 Å². The van der Waals surface area contributed by atoms with E-state index in [0.29, 0.717) is 32.7 Å².